The first-order valence-corrected chi connectivity index (χ1v) is 9.30. The van der Waals surface area contributed by atoms with Crippen LogP contribution in [0.4, 0.5) is 17.5 Å². The Balaban J connectivity index is 1.77. The van der Waals surface area contributed by atoms with Crippen LogP contribution in [0, 0.1) is 6.92 Å². The Morgan fingerprint density at radius 3 is 2.61 bits per heavy atom. The van der Waals surface area contributed by atoms with Gasteiger partial charge in [0.05, 0.1) is 17.9 Å². The van der Waals surface area contributed by atoms with Crippen molar-refractivity contribution in [3.8, 4) is 0 Å². The number of para-hydroxylation sites is 1. The summed E-state index contributed by atoms with van der Waals surface area (Å²) in [4.78, 5) is 21.1. The molecule has 0 aliphatic carbocycles. The zero-order chi connectivity index (χ0) is 19.9. The number of benzene rings is 2. The number of hydrogen-bond acceptors (Lipinski definition) is 6. The van der Waals surface area contributed by atoms with Crippen molar-refractivity contribution in [1.29, 1.82) is 0 Å². The molecule has 0 saturated heterocycles. The highest BCUT2D eigenvalue weighted by molar-refractivity contribution is 6.30. The summed E-state index contributed by atoms with van der Waals surface area (Å²) in [7, 11) is 0. The molecule has 2 N–H and O–H groups in total. The fourth-order valence-corrected chi connectivity index (χ4v) is 2.74. The Hall–Kier alpha value is -3.12. The first-order valence-electron chi connectivity index (χ1n) is 8.92. The van der Waals surface area contributed by atoms with Gasteiger partial charge in [-0.1, -0.05) is 35.9 Å². The summed E-state index contributed by atoms with van der Waals surface area (Å²) in [5.74, 6) is 0.688. The quantitative estimate of drug-likeness (QED) is 0.549. The molecular formula is C21H21ClN4O2. The number of halogens is 1. The molecule has 0 aliphatic rings. The fourth-order valence-electron chi connectivity index (χ4n) is 2.61. The lowest BCUT2D eigenvalue weighted by Gasteiger charge is -2.12. The van der Waals surface area contributed by atoms with Crippen LogP contribution in [0.2, 0.25) is 5.02 Å². The second kappa shape index (κ2) is 9.19. The average molecular weight is 397 g/mol. The zero-order valence-corrected chi connectivity index (χ0v) is 16.5. The number of anilines is 3. The first-order chi connectivity index (χ1) is 13.5. The third kappa shape index (κ3) is 5.20. The van der Waals surface area contributed by atoms with Gasteiger partial charge in [0.2, 0.25) is 5.95 Å². The minimum Gasteiger partial charge on any atom is -0.462 e. The summed E-state index contributed by atoms with van der Waals surface area (Å²) in [6, 6.07) is 16.6. The summed E-state index contributed by atoms with van der Waals surface area (Å²) in [6.45, 7) is 4.58. The van der Waals surface area contributed by atoms with Crippen molar-refractivity contribution in [2.45, 2.75) is 20.4 Å². The summed E-state index contributed by atoms with van der Waals surface area (Å²) < 4.78 is 5.11. The lowest BCUT2D eigenvalue weighted by molar-refractivity contribution is 0.0527. The Bertz CT molecular complexity index is 961. The van der Waals surface area contributed by atoms with E-state index in [4.69, 9.17) is 16.3 Å². The highest BCUT2D eigenvalue weighted by atomic mass is 35.5. The lowest BCUT2D eigenvalue weighted by atomic mass is 10.2. The van der Waals surface area contributed by atoms with Crippen molar-refractivity contribution in [3.05, 3.63) is 76.4 Å². The van der Waals surface area contributed by atoms with Crippen molar-refractivity contribution in [1.82, 2.24) is 9.97 Å². The largest absolute Gasteiger partial charge is 0.462 e. The molecule has 0 spiro atoms. The van der Waals surface area contributed by atoms with Crippen LogP contribution in [0.5, 0.6) is 0 Å². The number of hydrogen-bond donors (Lipinski definition) is 2. The van der Waals surface area contributed by atoms with Crippen molar-refractivity contribution < 1.29 is 9.53 Å². The van der Waals surface area contributed by atoms with Crippen molar-refractivity contribution >= 4 is 35.0 Å². The maximum absolute atomic E-state index is 12.1. The third-order valence-electron chi connectivity index (χ3n) is 3.91. The molecule has 0 atom stereocenters. The molecule has 0 bridgehead atoms. The minimum atomic E-state index is -0.390. The summed E-state index contributed by atoms with van der Waals surface area (Å²) >= 11 is 5.92. The predicted octanol–water partition coefficient (Wildman–Crippen LogP) is 4.97. The van der Waals surface area contributed by atoms with Gasteiger partial charge in [0.1, 0.15) is 5.82 Å². The second-order valence-electron chi connectivity index (χ2n) is 6.09. The van der Waals surface area contributed by atoms with Gasteiger partial charge in [-0.05, 0) is 43.7 Å². The Morgan fingerprint density at radius 2 is 1.86 bits per heavy atom. The summed E-state index contributed by atoms with van der Waals surface area (Å²) in [6.07, 6.45) is 0. The molecule has 28 heavy (non-hydrogen) atoms. The highest BCUT2D eigenvalue weighted by Crippen LogP contribution is 2.21. The van der Waals surface area contributed by atoms with E-state index < -0.39 is 0 Å². The molecule has 7 heteroatoms. The molecular weight excluding hydrogens is 376 g/mol. The number of esters is 1. The van der Waals surface area contributed by atoms with Crippen LogP contribution < -0.4 is 10.6 Å². The molecule has 0 amide bonds. The van der Waals surface area contributed by atoms with E-state index in [-0.39, 0.29) is 5.97 Å². The molecule has 0 radical (unpaired) electrons. The first kappa shape index (κ1) is 19.6. The number of nitrogens with zero attached hydrogens (tertiary/aromatic N) is 2. The molecule has 3 aromatic rings. The molecule has 0 fully saturated rings. The van der Waals surface area contributed by atoms with Gasteiger partial charge in [-0.15, -0.1) is 0 Å². The lowest BCUT2D eigenvalue weighted by Crippen LogP contribution is -2.10. The molecule has 1 heterocycles. The van der Waals surface area contributed by atoms with E-state index in [0.717, 1.165) is 11.3 Å². The smallest absolute Gasteiger partial charge is 0.340 e. The van der Waals surface area contributed by atoms with Gasteiger partial charge in [-0.3, -0.25) is 0 Å². The van der Waals surface area contributed by atoms with Gasteiger partial charge in [0.25, 0.3) is 0 Å². The van der Waals surface area contributed by atoms with Crippen LogP contribution in [0.15, 0.2) is 54.6 Å². The van der Waals surface area contributed by atoms with Crippen molar-refractivity contribution in [2.24, 2.45) is 0 Å². The van der Waals surface area contributed by atoms with E-state index >= 15 is 0 Å². The number of carbonyl (C=O) groups is 1. The molecule has 0 saturated carbocycles. The maximum Gasteiger partial charge on any atom is 0.340 e. The van der Waals surface area contributed by atoms with Gasteiger partial charge in [-0.25, -0.2) is 9.78 Å². The molecule has 1 aromatic heterocycles. The van der Waals surface area contributed by atoms with Crippen LogP contribution in [-0.2, 0) is 11.3 Å². The Kier molecular flexibility index (Phi) is 6.45. The van der Waals surface area contributed by atoms with E-state index in [0.29, 0.717) is 41.2 Å². The highest BCUT2D eigenvalue weighted by Gasteiger charge is 2.13. The standard InChI is InChI=1S/C21H21ClN4O2/c1-3-28-20(27)17-6-4-5-7-18(17)25-21-24-14(2)12-19(26-21)23-13-15-8-10-16(22)11-9-15/h4-12H,3,13H2,1-2H3,(H2,23,24,25,26). The van der Waals surface area contributed by atoms with Gasteiger partial charge in [0.15, 0.2) is 0 Å². The molecule has 6 nitrogen and oxygen atoms in total. The van der Waals surface area contributed by atoms with Crippen LogP contribution in [-0.4, -0.2) is 22.5 Å². The van der Waals surface area contributed by atoms with Crippen molar-refractivity contribution in [2.75, 3.05) is 17.2 Å². The van der Waals surface area contributed by atoms with E-state index in [9.17, 15) is 4.79 Å². The zero-order valence-electron chi connectivity index (χ0n) is 15.7. The minimum absolute atomic E-state index is 0.312. The summed E-state index contributed by atoms with van der Waals surface area (Å²) in [5.41, 5.74) is 2.91. The topological polar surface area (TPSA) is 76.1 Å². The predicted molar refractivity (Wildman–Crippen MR) is 111 cm³/mol. The second-order valence-corrected chi connectivity index (χ2v) is 6.53. The number of aromatic nitrogens is 2. The normalized spacial score (nSPS) is 10.4. The number of aryl methyl sites for hydroxylation is 1. The maximum atomic E-state index is 12.1. The van der Waals surface area contributed by atoms with E-state index in [1.165, 1.54) is 0 Å². The monoisotopic (exact) mass is 396 g/mol. The van der Waals surface area contributed by atoms with E-state index in [1.807, 2.05) is 43.3 Å². The molecule has 2 aromatic carbocycles. The number of carbonyl (C=O) groups excluding carboxylic acids is 1. The van der Waals surface area contributed by atoms with Crippen LogP contribution in [0.25, 0.3) is 0 Å². The Labute approximate surface area is 168 Å². The molecule has 3 rings (SSSR count). The number of ether oxygens (including phenoxy) is 1. The van der Waals surface area contributed by atoms with Crippen LogP contribution in [0.1, 0.15) is 28.5 Å². The van der Waals surface area contributed by atoms with E-state index in [2.05, 4.69) is 20.6 Å². The fraction of sp³-hybridized carbons (Fsp3) is 0.190. The number of nitrogens with one attached hydrogen (secondary N) is 2. The molecule has 0 aliphatic heterocycles. The van der Waals surface area contributed by atoms with Gasteiger partial charge in [-0.2, -0.15) is 4.98 Å². The third-order valence-corrected chi connectivity index (χ3v) is 4.16. The molecule has 144 valence electrons. The molecule has 0 unspecified atom stereocenters. The van der Waals surface area contributed by atoms with Crippen LogP contribution >= 0.6 is 11.6 Å². The number of rotatable bonds is 7. The van der Waals surface area contributed by atoms with Crippen molar-refractivity contribution in [3.63, 3.8) is 0 Å². The SMILES string of the molecule is CCOC(=O)c1ccccc1Nc1nc(C)cc(NCc2ccc(Cl)cc2)n1. The van der Waals surface area contributed by atoms with E-state index in [1.54, 1.807) is 25.1 Å². The van der Waals surface area contributed by atoms with Gasteiger partial charge in [0, 0.05) is 23.3 Å². The average Bonchev–Trinajstić information content (AvgIpc) is 2.68. The van der Waals surface area contributed by atoms with Gasteiger partial charge >= 0.3 is 5.97 Å². The summed E-state index contributed by atoms with van der Waals surface area (Å²) in [5, 5.41) is 7.10. The van der Waals surface area contributed by atoms with Gasteiger partial charge < -0.3 is 15.4 Å². The van der Waals surface area contributed by atoms with Crippen LogP contribution in [0.3, 0.4) is 0 Å². The Morgan fingerprint density at radius 1 is 1.11 bits per heavy atom.